The fourth-order valence-electron chi connectivity index (χ4n) is 2.18. The molecule has 2 rings (SSSR count). The first-order valence-corrected chi connectivity index (χ1v) is 5.94. The van der Waals surface area contributed by atoms with Gasteiger partial charge in [0.2, 0.25) is 6.41 Å². The van der Waals surface area contributed by atoms with E-state index in [1.165, 1.54) is 0 Å². The van der Waals surface area contributed by atoms with Crippen LogP contribution in [0.2, 0.25) is 5.02 Å². The van der Waals surface area contributed by atoms with E-state index >= 15 is 0 Å². The molecule has 0 saturated carbocycles. The number of hydrogen-bond acceptors (Lipinski definition) is 3. The van der Waals surface area contributed by atoms with Crippen LogP contribution in [-0.2, 0) is 4.79 Å². The molecule has 0 bridgehead atoms. The van der Waals surface area contributed by atoms with Crippen LogP contribution in [0.5, 0.6) is 5.75 Å². The topological polar surface area (TPSA) is 43.8 Å². The van der Waals surface area contributed by atoms with E-state index in [-0.39, 0.29) is 11.8 Å². The third kappa shape index (κ3) is 2.31. The number of phenols is 1. The number of piperazine rings is 1. The van der Waals surface area contributed by atoms with Gasteiger partial charge in [-0.2, -0.15) is 0 Å². The molecule has 0 aromatic heterocycles. The lowest BCUT2D eigenvalue weighted by Gasteiger charge is -2.40. The lowest BCUT2D eigenvalue weighted by atomic mass is 10.1. The summed E-state index contributed by atoms with van der Waals surface area (Å²) in [5.74, 6) is 0.112. The summed E-state index contributed by atoms with van der Waals surface area (Å²) < 4.78 is 0. The molecule has 1 aliphatic rings. The first-order chi connectivity index (χ1) is 8.13. The Bertz CT molecular complexity index is 425. The number of anilines is 1. The molecule has 1 aromatic rings. The highest BCUT2D eigenvalue weighted by Gasteiger charge is 2.25. The van der Waals surface area contributed by atoms with Gasteiger partial charge in [-0.05, 0) is 19.1 Å². The van der Waals surface area contributed by atoms with Crippen LogP contribution in [0, 0.1) is 0 Å². The first kappa shape index (κ1) is 12.0. The molecular formula is C12H15ClN2O2. The number of para-hydroxylation sites is 1. The highest BCUT2D eigenvalue weighted by atomic mass is 35.5. The van der Waals surface area contributed by atoms with E-state index in [0.717, 1.165) is 12.1 Å². The second-order valence-corrected chi connectivity index (χ2v) is 4.66. The zero-order valence-corrected chi connectivity index (χ0v) is 10.4. The van der Waals surface area contributed by atoms with Gasteiger partial charge in [0.25, 0.3) is 0 Å². The molecule has 1 fully saturated rings. The Kier molecular flexibility index (Phi) is 3.43. The molecule has 1 saturated heterocycles. The Hall–Kier alpha value is -1.42. The van der Waals surface area contributed by atoms with Gasteiger partial charge in [0, 0.05) is 25.7 Å². The van der Waals surface area contributed by atoms with Gasteiger partial charge in [-0.3, -0.25) is 4.79 Å². The van der Waals surface area contributed by atoms with Crippen LogP contribution in [0.3, 0.4) is 0 Å². The zero-order valence-electron chi connectivity index (χ0n) is 9.64. The summed E-state index contributed by atoms with van der Waals surface area (Å²) in [6.45, 7) is 4.05. The van der Waals surface area contributed by atoms with Crippen molar-refractivity contribution in [1.82, 2.24) is 4.90 Å². The van der Waals surface area contributed by atoms with Crippen molar-refractivity contribution in [3.05, 3.63) is 23.2 Å². The normalized spacial score (nSPS) is 20.5. The third-order valence-corrected chi connectivity index (χ3v) is 3.39. The fraction of sp³-hybridized carbons (Fsp3) is 0.417. The molecule has 1 amide bonds. The molecule has 1 aromatic carbocycles. The van der Waals surface area contributed by atoms with Gasteiger partial charge in [0.1, 0.15) is 0 Å². The number of aromatic hydroxyl groups is 1. The molecule has 0 aliphatic carbocycles. The number of nitrogens with zero attached hydrogens (tertiary/aromatic N) is 2. The molecule has 1 aliphatic heterocycles. The molecule has 0 unspecified atom stereocenters. The van der Waals surface area contributed by atoms with Crippen LogP contribution < -0.4 is 4.90 Å². The standard InChI is InChI=1S/C12H15ClN2O2/c1-9-7-14(8-16)5-6-15(9)11-4-2-3-10(13)12(11)17/h2-4,8-9,17H,5-7H2,1H3/t9-/m0/s1. The number of benzene rings is 1. The average molecular weight is 255 g/mol. The Morgan fingerprint density at radius 2 is 2.24 bits per heavy atom. The Morgan fingerprint density at radius 1 is 1.47 bits per heavy atom. The number of halogens is 1. The van der Waals surface area contributed by atoms with Gasteiger partial charge >= 0.3 is 0 Å². The lowest BCUT2D eigenvalue weighted by Crippen LogP contribution is -2.51. The average Bonchev–Trinajstić information content (AvgIpc) is 2.33. The van der Waals surface area contributed by atoms with Crippen molar-refractivity contribution in [2.24, 2.45) is 0 Å². The van der Waals surface area contributed by atoms with Crippen molar-refractivity contribution in [3.8, 4) is 5.75 Å². The molecule has 0 spiro atoms. The van der Waals surface area contributed by atoms with Crippen molar-refractivity contribution in [2.75, 3.05) is 24.5 Å². The number of hydrogen-bond donors (Lipinski definition) is 1. The summed E-state index contributed by atoms with van der Waals surface area (Å²) in [4.78, 5) is 14.5. The minimum absolute atomic E-state index is 0.112. The molecule has 4 nitrogen and oxygen atoms in total. The number of rotatable bonds is 2. The molecule has 5 heteroatoms. The molecule has 17 heavy (non-hydrogen) atoms. The first-order valence-electron chi connectivity index (χ1n) is 5.57. The number of amides is 1. The van der Waals surface area contributed by atoms with Gasteiger partial charge in [-0.1, -0.05) is 17.7 Å². The van der Waals surface area contributed by atoms with E-state index < -0.39 is 0 Å². The van der Waals surface area contributed by atoms with E-state index in [2.05, 4.69) is 4.90 Å². The number of carbonyl (C=O) groups excluding carboxylic acids is 1. The van der Waals surface area contributed by atoms with E-state index in [4.69, 9.17) is 11.6 Å². The maximum absolute atomic E-state index is 10.7. The van der Waals surface area contributed by atoms with Crippen LogP contribution >= 0.6 is 11.6 Å². The van der Waals surface area contributed by atoms with Crippen LogP contribution in [0.1, 0.15) is 6.92 Å². The van der Waals surface area contributed by atoms with Crippen LogP contribution in [-0.4, -0.2) is 42.1 Å². The molecule has 1 N–H and O–H groups in total. The van der Waals surface area contributed by atoms with Gasteiger partial charge < -0.3 is 14.9 Å². The van der Waals surface area contributed by atoms with E-state index in [1.807, 2.05) is 19.1 Å². The van der Waals surface area contributed by atoms with Crippen LogP contribution in [0.4, 0.5) is 5.69 Å². The van der Waals surface area contributed by atoms with Crippen molar-refractivity contribution in [1.29, 1.82) is 0 Å². The van der Waals surface area contributed by atoms with Crippen LogP contribution in [0.25, 0.3) is 0 Å². The molecule has 0 radical (unpaired) electrons. The Labute approximate surface area is 105 Å². The largest absolute Gasteiger partial charge is 0.504 e. The lowest BCUT2D eigenvalue weighted by molar-refractivity contribution is -0.118. The van der Waals surface area contributed by atoms with Crippen molar-refractivity contribution in [3.63, 3.8) is 0 Å². The number of phenolic OH excluding ortho intramolecular Hbond substituents is 1. The van der Waals surface area contributed by atoms with Gasteiger partial charge in [0.05, 0.1) is 10.7 Å². The van der Waals surface area contributed by atoms with E-state index in [1.54, 1.807) is 11.0 Å². The second-order valence-electron chi connectivity index (χ2n) is 4.25. The molecule has 1 atom stereocenters. The maximum Gasteiger partial charge on any atom is 0.209 e. The maximum atomic E-state index is 10.7. The summed E-state index contributed by atoms with van der Waals surface area (Å²) in [5, 5.41) is 10.3. The molecule has 92 valence electrons. The van der Waals surface area contributed by atoms with E-state index in [9.17, 15) is 9.90 Å². The van der Waals surface area contributed by atoms with Crippen molar-refractivity contribution in [2.45, 2.75) is 13.0 Å². The monoisotopic (exact) mass is 254 g/mol. The highest BCUT2D eigenvalue weighted by Crippen LogP contribution is 2.35. The van der Waals surface area contributed by atoms with Gasteiger partial charge in [0.15, 0.2) is 5.75 Å². The zero-order chi connectivity index (χ0) is 12.4. The molecule has 1 heterocycles. The predicted octanol–water partition coefficient (Wildman–Crippen LogP) is 1.71. The smallest absolute Gasteiger partial charge is 0.209 e. The molecular weight excluding hydrogens is 240 g/mol. The fourth-order valence-corrected chi connectivity index (χ4v) is 2.34. The van der Waals surface area contributed by atoms with E-state index in [0.29, 0.717) is 24.7 Å². The Balaban J connectivity index is 2.23. The van der Waals surface area contributed by atoms with Gasteiger partial charge in [-0.15, -0.1) is 0 Å². The highest BCUT2D eigenvalue weighted by molar-refractivity contribution is 6.32. The van der Waals surface area contributed by atoms with Crippen molar-refractivity contribution < 1.29 is 9.90 Å². The summed E-state index contributed by atoms with van der Waals surface area (Å²) in [6.07, 6.45) is 0.867. The quantitative estimate of drug-likeness (QED) is 0.818. The van der Waals surface area contributed by atoms with Gasteiger partial charge in [-0.25, -0.2) is 0 Å². The minimum Gasteiger partial charge on any atom is -0.504 e. The second kappa shape index (κ2) is 4.84. The van der Waals surface area contributed by atoms with Crippen molar-refractivity contribution >= 4 is 23.7 Å². The van der Waals surface area contributed by atoms with Crippen LogP contribution in [0.15, 0.2) is 18.2 Å². The summed E-state index contributed by atoms with van der Waals surface area (Å²) in [7, 11) is 0. The summed E-state index contributed by atoms with van der Waals surface area (Å²) >= 11 is 5.89. The Morgan fingerprint density at radius 3 is 2.88 bits per heavy atom. The predicted molar refractivity (Wildman–Crippen MR) is 67.6 cm³/mol. The SMILES string of the molecule is C[C@H]1CN(C=O)CCN1c1cccc(Cl)c1O. The number of carbonyl (C=O) groups is 1. The summed E-state index contributed by atoms with van der Waals surface area (Å²) in [5.41, 5.74) is 0.732. The minimum atomic E-state index is 0.112. The summed E-state index contributed by atoms with van der Waals surface area (Å²) in [6, 6.07) is 5.48. The third-order valence-electron chi connectivity index (χ3n) is 3.08.